The molecule has 0 bridgehead atoms. The number of aryl methyl sites for hydroxylation is 2. The minimum absolute atomic E-state index is 0.160. The molecule has 1 heterocycles. The van der Waals surface area contributed by atoms with Gasteiger partial charge < -0.3 is 9.30 Å². The highest BCUT2D eigenvalue weighted by atomic mass is 32.2. The Morgan fingerprint density at radius 1 is 1.12 bits per heavy atom. The minimum Gasteiger partial charge on any atom is -0.454 e. The van der Waals surface area contributed by atoms with Gasteiger partial charge in [0.1, 0.15) is 11.6 Å². The molecule has 0 radical (unpaired) electrons. The van der Waals surface area contributed by atoms with Crippen LogP contribution in [0.5, 0.6) is 11.5 Å². The lowest BCUT2D eigenvalue weighted by atomic mass is 10.0. The van der Waals surface area contributed by atoms with Gasteiger partial charge in [-0.25, -0.2) is 17.2 Å². The number of anilines is 1. The van der Waals surface area contributed by atoms with E-state index >= 15 is 0 Å². The first-order valence-corrected chi connectivity index (χ1v) is 12.1. The molecule has 0 aliphatic heterocycles. The van der Waals surface area contributed by atoms with Gasteiger partial charge in [0.05, 0.1) is 5.69 Å². The van der Waals surface area contributed by atoms with E-state index in [9.17, 15) is 22.0 Å². The van der Waals surface area contributed by atoms with Crippen LogP contribution in [0.2, 0.25) is 0 Å². The average Bonchev–Trinajstić information content (AvgIpc) is 2.78. The zero-order valence-electron chi connectivity index (χ0n) is 19.4. The van der Waals surface area contributed by atoms with Crippen LogP contribution in [-0.2, 0) is 23.5 Å². The maximum absolute atomic E-state index is 14.3. The summed E-state index contributed by atoms with van der Waals surface area (Å²) in [5, 5.41) is 0.867. The fourth-order valence-corrected chi connectivity index (χ4v) is 4.80. The van der Waals surface area contributed by atoms with Crippen LogP contribution < -0.4 is 14.6 Å². The van der Waals surface area contributed by atoms with Crippen LogP contribution in [0.25, 0.3) is 11.1 Å². The lowest BCUT2D eigenvalue weighted by molar-refractivity contribution is 0.439. The number of rotatable bonds is 8. The number of hydrogen-bond acceptors (Lipinski definition) is 4. The first-order valence-electron chi connectivity index (χ1n) is 10.6. The SMILES string of the molecule is C=CS(=O)(=O)N(c1ccc(Oc2ccc(F)cc2F)c(-c2cc(CC)c(=O)n(C)c2)c1)C(C)C. The van der Waals surface area contributed by atoms with E-state index in [4.69, 9.17) is 4.74 Å². The highest BCUT2D eigenvalue weighted by Gasteiger charge is 2.24. The predicted molar refractivity (Wildman–Crippen MR) is 130 cm³/mol. The molecule has 0 N–H and O–H groups in total. The maximum Gasteiger partial charge on any atom is 0.257 e. The van der Waals surface area contributed by atoms with Crippen molar-refractivity contribution in [1.29, 1.82) is 0 Å². The Labute approximate surface area is 197 Å². The number of nitrogens with zero attached hydrogens (tertiary/aromatic N) is 2. The second-order valence-corrected chi connectivity index (χ2v) is 9.74. The largest absolute Gasteiger partial charge is 0.454 e. The highest BCUT2D eigenvalue weighted by Crippen LogP contribution is 2.38. The summed E-state index contributed by atoms with van der Waals surface area (Å²) in [4.78, 5) is 12.4. The van der Waals surface area contributed by atoms with Gasteiger partial charge >= 0.3 is 0 Å². The molecule has 180 valence electrons. The van der Waals surface area contributed by atoms with Crippen LogP contribution in [0.15, 0.2) is 65.4 Å². The molecule has 3 rings (SSSR count). The van der Waals surface area contributed by atoms with Crippen molar-refractivity contribution in [3.63, 3.8) is 0 Å². The Hall–Kier alpha value is -3.46. The molecule has 0 saturated heterocycles. The Morgan fingerprint density at radius 3 is 2.38 bits per heavy atom. The lowest BCUT2D eigenvalue weighted by Gasteiger charge is -2.27. The van der Waals surface area contributed by atoms with E-state index in [0.717, 1.165) is 11.5 Å². The van der Waals surface area contributed by atoms with E-state index in [-0.39, 0.29) is 17.1 Å². The monoisotopic (exact) mass is 488 g/mol. The van der Waals surface area contributed by atoms with Crippen molar-refractivity contribution in [1.82, 2.24) is 4.57 Å². The molecule has 9 heteroatoms. The number of ether oxygens (including phenoxy) is 1. The highest BCUT2D eigenvalue weighted by molar-refractivity contribution is 7.95. The third-order valence-corrected chi connectivity index (χ3v) is 6.84. The van der Waals surface area contributed by atoms with Crippen LogP contribution in [-0.4, -0.2) is 19.0 Å². The molecule has 2 aromatic carbocycles. The van der Waals surface area contributed by atoms with Crippen molar-refractivity contribution < 1.29 is 21.9 Å². The molecule has 1 aromatic heterocycles. The molecule has 0 amide bonds. The zero-order valence-corrected chi connectivity index (χ0v) is 20.2. The van der Waals surface area contributed by atoms with Gasteiger partial charge in [0, 0.05) is 47.5 Å². The number of benzene rings is 2. The summed E-state index contributed by atoms with van der Waals surface area (Å²) in [5.41, 5.74) is 1.72. The summed E-state index contributed by atoms with van der Waals surface area (Å²) in [5.74, 6) is -1.62. The molecule has 0 aliphatic rings. The third-order valence-electron chi connectivity index (χ3n) is 5.23. The number of pyridine rings is 1. The number of aromatic nitrogens is 1. The van der Waals surface area contributed by atoms with Crippen molar-refractivity contribution in [3.8, 4) is 22.6 Å². The van der Waals surface area contributed by atoms with Crippen LogP contribution in [0.1, 0.15) is 26.3 Å². The quantitative estimate of drug-likeness (QED) is 0.427. The molecule has 0 unspecified atom stereocenters. The van der Waals surface area contributed by atoms with E-state index in [1.54, 1.807) is 39.2 Å². The maximum atomic E-state index is 14.3. The van der Waals surface area contributed by atoms with Gasteiger partial charge in [-0.15, -0.1) is 0 Å². The lowest BCUT2D eigenvalue weighted by Crippen LogP contribution is -2.35. The van der Waals surface area contributed by atoms with Gasteiger partial charge in [-0.3, -0.25) is 9.10 Å². The summed E-state index contributed by atoms with van der Waals surface area (Å²) >= 11 is 0. The Kier molecular flexibility index (Phi) is 7.26. The summed E-state index contributed by atoms with van der Waals surface area (Å²) in [6.07, 6.45) is 2.07. The fourth-order valence-electron chi connectivity index (χ4n) is 3.65. The first kappa shape index (κ1) is 25.2. The predicted octanol–water partition coefficient (Wildman–Crippen LogP) is 5.37. The van der Waals surface area contributed by atoms with E-state index in [1.165, 1.54) is 27.1 Å². The van der Waals surface area contributed by atoms with Crippen LogP contribution >= 0.6 is 0 Å². The molecule has 0 saturated carbocycles. The van der Waals surface area contributed by atoms with Crippen LogP contribution in [0.4, 0.5) is 14.5 Å². The van der Waals surface area contributed by atoms with Gasteiger partial charge in [-0.2, -0.15) is 0 Å². The molecule has 34 heavy (non-hydrogen) atoms. The van der Waals surface area contributed by atoms with Crippen LogP contribution in [0, 0.1) is 11.6 Å². The van der Waals surface area contributed by atoms with Crippen LogP contribution in [0.3, 0.4) is 0 Å². The summed E-state index contributed by atoms with van der Waals surface area (Å²) in [6, 6.07) is 8.86. The van der Waals surface area contributed by atoms with E-state index < -0.39 is 27.7 Å². The van der Waals surface area contributed by atoms with Crippen molar-refractivity contribution in [3.05, 3.63) is 88.2 Å². The topological polar surface area (TPSA) is 68.6 Å². The molecule has 0 aliphatic carbocycles. The second-order valence-electron chi connectivity index (χ2n) is 7.98. The number of hydrogen-bond donors (Lipinski definition) is 0. The molecule has 6 nitrogen and oxygen atoms in total. The molecule has 0 spiro atoms. The van der Waals surface area contributed by atoms with Gasteiger partial charge in [0.2, 0.25) is 0 Å². The van der Waals surface area contributed by atoms with E-state index in [2.05, 4.69) is 6.58 Å². The second kappa shape index (κ2) is 9.80. The molecule has 0 atom stereocenters. The van der Waals surface area contributed by atoms with Gasteiger partial charge in [0.25, 0.3) is 15.6 Å². The Balaban J connectivity index is 2.27. The van der Waals surface area contributed by atoms with E-state index in [0.29, 0.717) is 34.9 Å². The Bertz CT molecular complexity index is 1400. The van der Waals surface area contributed by atoms with Gasteiger partial charge in [0.15, 0.2) is 11.6 Å². The minimum atomic E-state index is -3.82. The fraction of sp³-hybridized carbons (Fsp3) is 0.240. The number of halogens is 2. The van der Waals surface area contributed by atoms with Gasteiger partial charge in [-0.1, -0.05) is 13.5 Å². The molecular weight excluding hydrogens is 462 g/mol. The molecule has 3 aromatic rings. The standard InChI is InChI=1S/C25H26F2N2O4S/c1-6-17-12-18(15-28(5)25(17)30)21-14-20(29(16(3)4)34(31,32)7-2)9-11-23(21)33-24-10-8-19(26)13-22(24)27/h7-16H,2,6H2,1,3-5H3. The molecular formula is C25H26F2N2O4S. The third kappa shape index (κ3) is 5.04. The normalized spacial score (nSPS) is 11.5. The first-order chi connectivity index (χ1) is 16.0. The van der Waals surface area contributed by atoms with E-state index in [1.807, 2.05) is 6.92 Å². The van der Waals surface area contributed by atoms with Crippen molar-refractivity contribution in [2.24, 2.45) is 7.05 Å². The summed E-state index contributed by atoms with van der Waals surface area (Å²) in [7, 11) is -2.21. The zero-order chi connectivity index (χ0) is 25.2. The van der Waals surface area contributed by atoms with Gasteiger partial charge in [-0.05, 0) is 56.7 Å². The average molecular weight is 489 g/mol. The smallest absolute Gasteiger partial charge is 0.257 e. The van der Waals surface area contributed by atoms with Crippen molar-refractivity contribution in [2.45, 2.75) is 33.2 Å². The molecule has 0 fully saturated rings. The summed E-state index contributed by atoms with van der Waals surface area (Å²) in [6.45, 7) is 8.70. The van der Waals surface area contributed by atoms with Crippen molar-refractivity contribution >= 4 is 15.7 Å². The number of sulfonamides is 1. The van der Waals surface area contributed by atoms with Crippen molar-refractivity contribution in [2.75, 3.05) is 4.31 Å². The Morgan fingerprint density at radius 2 is 1.79 bits per heavy atom. The summed E-state index contributed by atoms with van der Waals surface area (Å²) < 4.78 is 61.5.